The average molecular weight is 272 g/mol. The Hall–Kier alpha value is -1.73. The van der Waals surface area contributed by atoms with Gasteiger partial charge in [-0.1, -0.05) is 11.6 Å². The third kappa shape index (κ3) is 2.41. The van der Waals surface area contributed by atoms with Gasteiger partial charge in [0.25, 0.3) is 11.6 Å². The fraction of sp³-hybridized carbons (Fsp3) is 0.400. The van der Waals surface area contributed by atoms with Crippen LogP contribution in [0.25, 0.3) is 0 Å². The summed E-state index contributed by atoms with van der Waals surface area (Å²) in [4.78, 5) is 27.2. The number of hydrogen-bond acceptors (Lipinski definition) is 5. The molecule has 0 aromatic carbocycles. The van der Waals surface area contributed by atoms with E-state index in [1.54, 1.807) is 0 Å². The third-order valence-corrected chi connectivity index (χ3v) is 2.93. The largest absolute Gasteiger partial charge is 0.391 e. The molecule has 1 amide bonds. The van der Waals surface area contributed by atoms with Crippen LogP contribution in [0.1, 0.15) is 16.8 Å². The summed E-state index contributed by atoms with van der Waals surface area (Å²) in [6, 6.07) is 1.17. The van der Waals surface area contributed by atoms with Crippen LogP contribution in [0.4, 0.5) is 5.69 Å². The number of amides is 1. The number of carbonyl (C=O) groups is 1. The highest BCUT2D eigenvalue weighted by atomic mass is 35.5. The maximum absolute atomic E-state index is 12.1. The Balaban J connectivity index is 2.34. The van der Waals surface area contributed by atoms with E-state index in [0.29, 0.717) is 13.0 Å². The number of aliphatic hydroxyl groups is 1. The summed E-state index contributed by atoms with van der Waals surface area (Å²) in [6.07, 6.45) is 0.853. The van der Waals surface area contributed by atoms with Crippen molar-refractivity contribution in [3.8, 4) is 0 Å². The van der Waals surface area contributed by atoms with Gasteiger partial charge in [-0.3, -0.25) is 14.9 Å². The first kappa shape index (κ1) is 12.7. The molecule has 0 unspecified atom stereocenters. The van der Waals surface area contributed by atoms with Crippen LogP contribution >= 0.6 is 11.6 Å². The van der Waals surface area contributed by atoms with Gasteiger partial charge in [0.2, 0.25) is 0 Å². The predicted molar refractivity (Wildman–Crippen MR) is 62.4 cm³/mol. The first-order valence-corrected chi connectivity index (χ1v) is 5.64. The normalized spacial score (nSPS) is 19.0. The molecule has 1 aromatic rings. The highest BCUT2D eigenvalue weighted by Gasteiger charge is 2.30. The molecule has 1 N–H and O–H groups in total. The van der Waals surface area contributed by atoms with Crippen LogP contribution in [-0.2, 0) is 0 Å². The number of β-amino-alcohol motifs (C(OH)–C–C–N with tert-alkyl or cyclic N) is 1. The third-order valence-electron chi connectivity index (χ3n) is 2.73. The second kappa shape index (κ2) is 4.87. The molecule has 0 bridgehead atoms. The summed E-state index contributed by atoms with van der Waals surface area (Å²) in [5, 5.41) is 20.2. The van der Waals surface area contributed by atoms with Crippen molar-refractivity contribution in [2.24, 2.45) is 0 Å². The Kier molecular flexibility index (Phi) is 3.44. The second-order valence-corrected chi connectivity index (χ2v) is 4.36. The number of likely N-dealkylation sites (tertiary alicyclic amines) is 1. The molecule has 7 nitrogen and oxygen atoms in total. The summed E-state index contributed by atoms with van der Waals surface area (Å²) in [5.41, 5.74) is -0.486. The van der Waals surface area contributed by atoms with E-state index in [9.17, 15) is 20.0 Å². The number of nitro groups is 1. The molecular formula is C10H10ClN3O4. The molecule has 18 heavy (non-hydrogen) atoms. The standard InChI is InChI=1S/C10H10ClN3O4/c11-9-3-7(8(4-12-9)14(17)18)10(16)13-2-1-6(15)5-13/h3-4,6,15H,1-2,5H2/t6-/m0/s1. The van der Waals surface area contributed by atoms with Gasteiger partial charge in [-0.25, -0.2) is 4.98 Å². The highest BCUT2D eigenvalue weighted by molar-refractivity contribution is 6.29. The van der Waals surface area contributed by atoms with Gasteiger partial charge in [0.05, 0.1) is 11.0 Å². The summed E-state index contributed by atoms with van der Waals surface area (Å²) in [5.74, 6) is -0.512. The molecule has 2 heterocycles. The van der Waals surface area contributed by atoms with Crippen LogP contribution in [0.15, 0.2) is 12.3 Å². The molecule has 0 radical (unpaired) electrons. The Morgan fingerprint density at radius 1 is 1.67 bits per heavy atom. The first-order chi connectivity index (χ1) is 8.49. The summed E-state index contributed by atoms with van der Waals surface area (Å²) < 4.78 is 0. The minimum absolute atomic E-state index is 0.0173. The lowest BCUT2D eigenvalue weighted by Crippen LogP contribution is -2.30. The van der Waals surface area contributed by atoms with Gasteiger partial charge in [0.15, 0.2) is 0 Å². The van der Waals surface area contributed by atoms with E-state index in [4.69, 9.17) is 11.6 Å². The summed E-state index contributed by atoms with van der Waals surface area (Å²) >= 11 is 5.65. The van der Waals surface area contributed by atoms with E-state index in [-0.39, 0.29) is 22.9 Å². The molecule has 8 heteroatoms. The Morgan fingerprint density at radius 2 is 2.39 bits per heavy atom. The zero-order valence-corrected chi connectivity index (χ0v) is 10.0. The number of hydrogen-bond donors (Lipinski definition) is 1. The maximum atomic E-state index is 12.1. The molecule has 2 rings (SSSR count). The Bertz CT molecular complexity index is 508. The predicted octanol–water partition coefficient (Wildman–Crippen LogP) is 0.850. The van der Waals surface area contributed by atoms with Gasteiger partial charge >= 0.3 is 0 Å². The molecule has 1 aliphatic heterocycles. The number of aromatic nitrogens is 1. The topological polar surface area (TPSA) is 96.6 Å². The Labute approximate surface area is 107 Å². The minimum Gasteiger partial charge on any atom is -0.391 e. The summed E-state index contributed by atoms with van der Waals surface area (Å²) in [7, 11) is 0. The van der Waals surface area contributed by atoms with Crippen LogP contribution in [0.3, 0.4) is 0 Å². The van der Waals surface area contributed by atoms with E-state index in [1.165, 1.54) is 11.0 Å². The van der Waals surface area contributed by atoms with Crippen molar-refractivity contribution in [3.63, 3.8) is 0 Å². The number of aliphatic hydroxyl groups excluding tert-OH is 1. The molecule has 0 spiro atoms. The van der Waals surface area contributed by atoms with Crippen molar-refractivity contribution in [2.75, 3.05) is 13.1 Å². The zero-order chi connectivity index (χ0) is 13.3. The van der Waals surface area contributed by atoms with Gasteiger partial charge < -0.3 is 10.0 Å². The fourth-order valence-corrected chi connectivity index (χ4v) is 1.99. The number of halogens is 1. The van der Waals surface area contributed by atoms with Crippen LogP contribution in [0, 0.1) is 10.1 Å². The van der Waals surface area contributed by atoms with Crippen LogP contribution in [-0.4, -0.2) is 45.0 Å². The molecular weight excluding hydrogens is 262 g/mol. The van der Waals surface area contributed by atoms with Crippen molar-refractivity contribution >= 4 is 23.2 Å². The molecule has 96 valence electrons. The van der Waals surface area contributed by atoms with Crippen molar-refractivity contribution in [3.05, 3.63) is 33.1 Å². The smallest absolute Gasteiger partial charge is 0.300 e. The van der Waals surface area contributed by atoms with E-state index < -0.39 is 16.9 Å². The van der Waals surface area contributed by atoms with E-state index in [1.807, 2.05) is 0 Å². The van der Waals surface area contributed by atoms with Gasteiger partial charge in [-0.2, -0.15) is 0 Å². The maximum Gasteiger partial charge on any atom is 0.300 e. The lowest BCUT2D eigenvalue weighted by molar-refractivity contribution is -0.385. The quantitative estimate of drug-likeness (QED) is 0.489. The lowest BCUT2D eigenvalue weighted by Gasteiger charge is -2.15. The molecule has 1 aromatic heterocycles. The van der Waals surface area contributed by atoms with Gasteiger partial charge in [0, 0.05) is 13.1 Å². The molecule has 1 saturated heterocycles. The average Bonchev–Trinajstić information content (AvgIpc) is 2.74. The SMILES string of the molecule is O=C(c1cc(Cl)ncc1[N+](=O)[O-])N1CC[C@H](O)C1. The van der Waals surface area contributed by atoms with E-state index in [0.717, 1.165) is 6.20 Å². The van der Waals surface area contributed by atoms with Crippen LogP contribution < -0.4 is 0 Å². The zero-order valence-electron chi connectivity index (χ0n) is 9.24. The van der Waals surface area contributed by atoms with Gasteiger partial charge in [-0.05, 0) is 12.5 Å². The molecule has 1 aliphatic rings. The number of carbonyl (C=O) groups excluding carboxylic acids is 1. The van der Waals surface area contributed by atoms with Gasteiger partial charge in [0.1, 0.15) is 16.9 Å². The van der Waals surface area contributed by atoms with Crippen molar-refractivity contribution in [1.29, 1.82) is 0 Å². The highest BCUT2D eigenvalue weighted by Crippen LogP contribution is 2.23. The van der Waals surface area contributed by atoms with E-state index >= 15 is 0 Å². The Morgan fingerprint density at radius 3 is 2.94 bits per heavy atom. The van der Waals surface area contributed by atoms with Gasteiger partial charge in [-0.15, -0.1) is 0 Å². The second-order valence-electron chi connectivity index (χ2n) is 3.97. The van der Waals surface area contributed by atoms with Crippen molar-refractivity contribution in [1.82, 2.24) is 9.88 Å². The minimum atomic E-state index is -0.678. The lowest BCUT2D eigenvalue weighted by atomic mass is 10.2. The monoisotopic (exact) mass is 271 g/mol. The molecule has 0 saturated carbocycles. The van der Waals surface area contributed by atoms with Crippen LogP contribution in [0.5, 0.6) is 0 Å². The molecule has 1 atom stereocenters. The fourth-order valence-electron chi connectivity index (χ4n) is 1.84. The molecule has 1 fully saturated rings. The molecule has 0 aliphatic carbocycles. The first-order valence-electron chi connectivity index (χ1n) is 5.26. The van der Waals surface area contributed by atoms with Crippen LogP contribution in [0.2, 0.25) is 5.15 Å². The summed E-state index contributed by atoms with van der Waals surface area (Å²) in [6.45, 7) is 0.549. The van der Waals surface area contributed by atoms with Crippen molar-refractivity contribution in [2.45, 2.75) is 12.5 Å². The number of rotatable bonds is 2. The number of nitrogens with zero attached hydrogens (tertiary/aromatic N) is 3. The number of pyridine rings is 1. The van der Waals surface area contributed by atoms with E-state index in [2.05, 4.69) is 4.98 Å². The van der Waals surface area contributed by atoms with Crippen molar-refractivity contribution < 1.29 is 14.8 Å².